The van der Waals surface area contributed by atoms with Crippen molar-refractivity contribution in [2.24, 2.45) is 0 Å². The summed E-state index contributed by atoms with van der Waals surface area (Å²) in [6, 6.07) is 0. The first-order valence-corrected chi connectivity index (χ1v) is 6.98. The number of nitrogens with zero attached hydrogens (tertiary/aromatic N) is 1. The van der Waals surface area contributed by atoms with E-state index in [0.29, 0.717) is 0 Å². The van der Waals surface area contributed by atoms with Gasteiger partial charge in [-0.25, -0.2) is 0 Å². The zero-order valence-corrected chi connectivity index (χ0v) is 10.5. The van der Waals surface area contributed by atoms with Crippen LogP contribution in [0.4, 0.5) is 0 Å². The molecular weight excluding hydrogens is 218 g/mol. The van der Waals surface area contributed by atoms with Gasteiger partial charge in [0.25, 0.3) is 0 Å². The second kappa shape index (κ2) is 5.22. The molecule has 0 amide bonds. The average Bonchev–Trinajstić information content (AvgIpc) is 2.74. The van der Waals surface area contributed by atoms with Crippen LogP contribution < -0.4 is 0 Å². The number of hydrogen-bond donors (Lipinski definition) is 0. The molecule has 0 aromatic heterocycles. The van der Waals surface area contributed by atoms with E-state index in [4.69, 9.17) is 14.2 Å². The Labute approximate surface area is 103 Å². The van der Waals surface area contributed by atoms with Crippen molar-refractivity contribution in [2.75, 3.05) is 39.5 Å². The van der Waals surface area contributed by atoms with Crippen molar-refractivity contribution in [1.82, 2.24) is 4.90 Å². The fraction of sp³-hybridized carbons (Fsp3) is 1.00. The highest BCUT2D eigenvalue weighted by molar-refractivity contribution is 4.84. The molecule has 0 bridgehead atoms. The minimum atomic E-state index is -0.213. The van der Waals surface area contributed by atoms with Crippen LogP contribution in [0.25, 0.3) is 0 Å². The van der Waals surface area contributed by atoms with Crippen molar-refractivity contribution in [3.8, 4) is 0 Å². The Morgan fingerprint density at radius 1 is 1.06 bits per heavy atom. The first-order chi connectivity index (χ1) is 8.36. The maximum atomic E-state index is 6.19. The quantitative estimate of drug-likeness (QED) is 0.731. The Bertz CT molecular complexity index is 247. The highest BCUT2D eigenvalue weighted by atomic mass is 16.7. The van der Waals surface area contributed by atoms with E-state index < -0.39 is 0 Å². The smallest absolute Gasteiger partial charge is 0.168 e. The van der Waals surface area contributed by atoms with E-state index in [9.17, 15) is 0 Å². The molecule has 3 aliphatic rings. The number of rotatable bonds is 2. The molecule has 2 heterocycles. The van der Waals surface area contributed by atoms with E-state index in [-0.39, 0.29) is 11.9 Å². The molecule has 3 rings (SSSR count). The Kier molecular flexibility index (Phi) is 3.66. The van der Waals surface area contributed by atoms with Crippen molar-refractivity contribution in [2.45, 2.75) is 44.0 Å². The van der Waals surface area contributed by atoms with Crippen molar-refractivity contribution < 1.29 is 14.2 Å². The van der Waals surface area contributed by atoms with Crippen LogP contribution in [0.15, 0.2) is 0 Å². The van der Waals surface area contributed by atoms with Gasteiger partial charge < -0.3 is 14.2 Å². The predicted molar refractivity (Wildman–Crippen MR) is 63.9 cm³/mol. The van der Waals surface area contributed by atoms with Gasteiger partial charge in [0.05, 0.1) is 25.9 Å². The third kappa shape index (κ3) is 2.81. The zero-order valence-electron chi connectivity index (χ0n) is 10.5. The minimum absolute atomic E-state index is 0.213. The van der Waals surface area contributed by atoms with Crippen LogP contribution >= 0.6 is 0 Å². The molecule has 2 aliphatic heterocycles. The number of morpholine rings is 1. The summed E-state index contributed by atoms with van der Waals surface area (Å²) in [6.07, 6.45) is 6.29. The Hall–Kier alpha value is -0.160. The van der Waals surface area contributed by atoms with E-state index in [1.165, 1.54) is 19.3 Å². The summed E-state index contributed by atoms with van der Waals surface area (Å²) in [5.41, 5.74) is 0. The van der Waals surface area contributed by atoms with Gasteiger partial charge in [-0.1, -0.05) is 6.42 Å². The molecule has 0 aromatic carbocycles. The molecule has 4 heteroatoms. The van der Waals surface area contributed by atoms with Crippen LogP contribution in [-0.2, 0) is 14.2 Å². The van der Waals surface area contributed by atoms with Crippen molar-refractivity contribution in [3.63, 3.8) is 0 Å². The standard InChI is InChI=1S/C13H23NO3/c1-2-4-13(5-3-1)16-11-12(17-13)10-14-6-8-15-9-7-14/h12H,1-11H2/t12-/m1/s1. The summed E-state index contributed by atoms with van der Waals surface area (Å²) in [6.45, 7) is 5.57. The van der Waals surface area contributed by atoms with E-state index in [1.807, 2.05) is 0 Å². The molecule has 3 fully saturated rings. The third-order valence-electron chi connectivity index (χ3n) is 4.09. The fourth-order valence-corrected chi connectivity index (χ4v) is 3.13. The van der Waals surface area contributed by atoms with E-state index >= 15 is 0 Å². The average molecular weight is 241 g/mol. The molecule has 4 nitrogen and oxygen atoms in total. The van der Waals surface area contributed by atoms with Gasteiger partial charge in [-0.2, -0.15) is 0 Å². The van der Waals surface area contributed by atoms with Crippen molar-refractivity contribution >= 4 is 0 Å². The Balaban J connectivity index is 1.49. The molecule has 1 saturated carbocycles. The van der Waals surface area contributed by atoms with Gasteiger partial charge in [0.1, 0.15) is 0 Å². The molecular formula is C13H23NO3. The second-order valence-corrected chi connectivity index (χ2v) is 5.44. The van der Waals surface area contributed by atoms with Crippen LogP contribution in [0, 0.1) is 0 Å². The molecule has 0 aromatic rings. The van der Waals surface area contributed by atoms with Gasteiger partial charge in [0.15, 0.2) is 5.79 Å². The second-order valence-electron chi connectivity index (χ2n) is 5.44. The summed E-state index contributed by atoms with van der Waals surface area (Å²) in [5.74, 6) is -0.213. The lowest BCUT2D eigenvalue weighted by Crippen LogP contribution is -2.42. The molecule has 1 aliphatic carbocycles. The molecule has 0 unspecified atom stereocenters. The van der Waals surface area contributed by atoms with Gasteiger partial charge in [-0.15, -0.1) is 0 Å². The fourth-order valence-electron chi connectivity index (χ4n) is 3.13. The van der Waals surface area contributed by atoms with Crippen molar-refractivity contribution in [3.05, 3.63) is 0 Å². The first-order valence-electron chi connectivity index (χ1n) is 6.98. The van der Waals surface area contributed by atoms with E-state index in [2.05, 4.69) is 4.90 Å². The molecule has 0 N–H and O–H groups in total. The Morgan fingerprint density at radius 2 is 1.82 bits per heavy atom. The summed E-state index contributed by atoms with van der Waals surface area (Å²) >= 11 is 0. The van der Waals surface area contributed by atoms with Gasteiger partial charge in [0, 0.05) is 32.5 Å². The topological polar surface area (TPSA) is 30.9 Å². The van der Waals surface area contributed by atoms with Crippen LogP contribution in [0.3, 0.4) is 0 Å². The minimum Gasteiger partial charge on any atom is -0.379 e. The monoisotopic (exact) mass is 241 g/mol. The highest BCUT2D eigenvalue weighted by Crippen LogP contribution is 2.37. The van der Waals surface area contributed by atoms with Crippen molar-refractivity contribution in [1.29, 1.82) is 0 Å². The predicted octanol–water partition coefficient (Wildman–Crippen LogP) is 1.39. The van der Waals surface area contributed by atoms with E-state index in [0.717, 1.165) is 52.3 Å². The summed E-state index contributed by atoms with van der Waals surface area (Å²) in [4.78, 5) is 2.43. The zero-order chi connectivity index (χ0) is 11.6. The molecule has 98 valence electrons. The van der Waals surface area contributed by atoms with Crippen LogP contribution in [0.5, 0.6) is 0 Å². The van der Waals surface area contributed by atoms with E-state index in [1.54, 1.807) is 0 Å². The lowest BCUT2D eigenvalue weighted by Gasteiger charge is -2.33. The Morgan fingerprint density at radius 3 is 2.59 bits per heavy atom. The highest BCUT2D eigenvalue weighted by Gasteiger charge is 2.42. The normalized spacial score (nSPS) is 34.2. The van der Waals surface area contributed by atoms with Gasteiger partial charge in [-0.05, 0) is 12.8 Å². The van der Waals surface area contributed by atoms with Gasteiger partial charge >= 0.3 is 0 Å². The summed E-state index contributed by atoms with van der Waals surface area (Å²) in [5, 5.41) is 0. The number of ether oxygens (including phenoxy) is 3. The number of hydrogen-bond acceptors (Lipinski definition) is 4. The van der Waals surface area contributed by atoms with Gasteiger partial charge in [0.2, 0.25) is 0 Å². The molecule has 1 spiro atoms. The largest absolute Gasteiger partial charge is 0.379 e. The van der Waals surface area contributed by atoms with Gasteiger partial charge in [-0.3, -0.25) is 4.90 Å². The van der Waals surface area contributed by atoms with Crippen LogP contribution in [0.2, 0.25) is 0 Å². The SMILES string of the molecule is C1CCC2(CC1)OC[C@@H](CN1CCOCC1)O2. The lowest BCUT2D eigenvalue weighted by molar-refractivity contribution is -0.188. The molecule has 0 radical (unpaired) electrons. The molecule has 2 saturated heterocycles. The maximum absolute atomic E-state index is 6.19. The maximum Gasteiger partial charge on any atom is 0.168 e. The molecule has 17 heavy (non-hydrogen) atoms. The summed E-state index contributed by atoms with van der Waals surface area (Å²) < 4.78 is 17.5. The van der Waals surface area contributed by atoms with Crippen LogP contribution in [0.1, 0.15) is 32.1 Å². The summed E-state index contributed by atoms with van der Waals surface area (Å²) in [7, 11) is 0. The van der Waals surface area contributed by atoms with Crippen LogP contribution in [-0.4, -0.2) is 56.2 Å². The lowest BCUT2D eigenvalue weighted by atomic mass is 9.94. The molecule has 1 atom stereocenters. The third-order valence-corrected chi connectivity index (χ3v) is 4.09. The first kappa shape index (κ1) is 11.9.